The molecule has 2 heteroatoms. The molecule has 0 fully saturated rings. The van der Waals surface area contributed by atoms with Gasteiger partial charge in [0.25, 0.3) is 0 Å². The molecule has 0 aliphatic heterocycles. The van der Waals surface area contributed by atoms with Crippen LogP contribution < -0.4 is 0 Å². The van der Waals surface area contributed by atoms with Gasteiger partial charge in [0.2, 0.25) is 0 Å². The molecule has 0 aromatic carbocycles. The van der Waals surface area contributed by atoms with Crippen molar-refractivity contribution >= 4 is 0 Å². The third-order valence-electron chi connectivity index (χ3n) is 1.50. The van der Waals surface area contributed by atoms with Crippen molar-refractivity contribution in [2.45, 2.75) is 20.3 Å². The lowest BCUT2D eigenvalue weighted by Crippen LogP contribution is -1.95. The van der Waals surface area contributed by atoms with Gasteiger partial charge in [-0.3, -0.25) is 0 Å². The first-order valence-corrected chi connectivity index (χ1v) is 3.84. The van der Waals surface area contributed by atoms with Gasteiger partial charge in [0, 0.05) is 6.42 Å². The summed E-state index contributed by atoms with van der Waals surface area (Å²) >= 11 is 0. The van der Waals surface area contributed by atoms with Gasteiger partial charge in [0.15, 0.2) is 5.89 Å². The van der Waals surface area contributed by atoms with Crippen LogP contribution in [0.3, 0.4) is 0 Å². The van der Waals surface area contributed by atoms with Gasteiger partial charge in [-0.25, -0.2) is 4.98 Å². The summed E-state index contributed by atoms with van der Waals surface area (Å²) in [5, 5.41) is 0. The van der Waals surface area contributed by atoms with Gasteiger partial charge in [-0.15, -0.1) is 0 Å². The van der Waals surface area contributed by atoms with Crippen LogP contribution in [0.4, 0.5) is 0 Å². The largest absolute Gasteiger partial charge is 0.449 e. The first-order valence-electron chi connectivity index (χ1n) is 3.84. The maximum absolute atomic E-state index is 5.11. The summed E-state index contributed by atoms with van der Waals surface area (Å²) < 4.78 is 5.11. The number of aromatic nitrogens is 1. The smallest absolute Gasteiger partial charge is 0.194 e. The molecule has 1 atom stereocenters. The van der Waals surface area contributed by atoms with Crippen molar-refractivity contribution in [2.75, 3.05) is 0 Å². The lowest BCUT2D eigenvalue weighted by atomic mass is 10.1. The van der Waals surface area contributed by atoms with E-state index in [2.05, 4.69) is 18.0 Å². The zero-order valence-corrected chi connectivity index (χ0v) is 6.95. The second-order valence-corrected chi connectivity index (χ2v) is 2.63. The van der Waals surface area contributed by atoms with Gasteiger partial charge < -0.3 is 4.42 Å². The molecule has 1 aromatic rings. The highest BCUT2D eigenvalue weighted by Crippen LogP contribution is 2.06. The molecule has 11 heavy (non-hydrogen) atoms. The molecule has 0 amide bonds. The number of oxazole rings is 1. The van der Waals surface area contributed by atoms with Gasteiger partial charge in [0.05, 0.1) is 6.20 Å². The van der Waals surface area contributed by atoms with E-state index in [4.69, 9.17) is 4.42 Å². The van der Waals surface area contributed by atoms with E-state index in [0.717, 1.165) is 12.3 Å². The van der Waals surface area contributed by atoms with E-state index in [1.807, 2.05) is 13.0 Å². The molecule has 2 nitrogen and oxygen atoms in total. The SMILES string of the molecule is C/C=C\C(C)Cc1ncco1. The zero-order chi connectivity index (χ0) is 8.10. The average Bonchev–Trinajstić information content (AvgIpc) is 2.40. The minimum absolute atomic E-state index is 0.513. The molecule has 1 aromatic heterocycles. The highest BCUT2D eigenvalue weighted by molar-refractivity contribution is 4.90. The molecule has 0 saturated carbocycles. The summed E-state index contributed by atoms with van der Waals surface area (Å²) in [7, 11) is 0. The van der Waals surface area contributed by atoms with Crippen molar-refractivity contribution < 1.29 is 4.42 Å². The molecular weight excluding hydrogens is 138 g/mol. The van der Waals surface area contributed by atoms with E-state index in [1.165, 1.54) is 0 Å². The van der Waals surface area contributed by atoms with Gasteiger partial charge in [-0.1, -0.05) is 19.1 Å². The minimum atomic E-state index is 0.513. The first kappa shape index (κ1) is 8.05. The van der Waals surface area contributed by atoms with Gasteiger partial charge >= 0.3 is 0 Å². The standard InChI is InChI=1S/C9H13NO/c1-3-4-8(2)7-9-10-5-6-11-9/h3-6,8H,7H2,1-2H3/b4-3-. The van der Waals surface area contributed by atoms with E-state index < -0.39 is 0 Å². The van der Waals surface area contributed by atoms with E-state index >= 15 is 0 Å². The second-order valence-electron chi connectivity index (χ2n) is 2.63. The fourth-order valence-corrected chi connectivity index (χ4v) is 1.03. The topological polar surface area (TPSA) is 26.0 Å². The Morgan fingerprint density at radius 2 is 2.55 bits per heavy atom. The van der Waals surface area contributed by atoms with Crippen LogP contribution >= 0.6 is 0 Å². The quantitative estimate of drug-likeness (QED) is 0.620. The van der Waals surface area contributed by atoms with Crippen molar-refractivity contribution in [1.82, 2.24) is 4.98 Å². The molecule has 60 valence electrons. The normalized spacial score (nSPS) is 14.0. The van der Waals surface area contributed by atoms with Gasteiger partial charge in [-0.2, -0.15) is 0 Å². The Kier molecular flexibility index (Phi) is 2.90. The highest BCUT2D eigenvalue weighted by Gasteiger charge is 2.01. The molecule has 0 saturated heterocycles. The lowest BCUT2D eigenvalue weighted by Gasteiger charge is -1.99. The van der Waals surface area contributed by atoms with Crippen molar-refractivity contribution in [1.29, 1.82) is 0 Å². The summed E-state index contributed by atoms with van der Waals surface area (Å²) in [6.07, 6.45) is 8.37. The third kappa shape index (κ3) is 2.58. The zero-order valence-electron chi connectivity index (χ0n) is 6.95. The van der Waals surface area contributed by atoms with Crippen molar-refractivity contribution in [3.8, 4) is 0 Å². The highest BCUT2D eigenvalue weighted by atomic mass is 16.3. The molecule has 0 bridgehead atoms. The van der Waals surface area contributed by atoms with Gasteiger partial charge in [-0.05, 0) is 12.8 Å². The Morgan fingerprint density at radius 3 is 3.09 bits per heavy atom. The summed E-state index contributed by atoms with van der Waals surface area (Å²) in [6, 6.07) is 0. The van der Waals surface area contributed by atoms with Crippen molar-refractivity contribution in [3.05, 3.63) is 30.5 Å². The number of allylic oxidation sites excluding steroid dienone is 2. The minimum Gasteiger partial charge on any atom is -0.449 e. The fraction of sp³-hybridized carbons (Fsp3) is 0.444. The van der Waals surface area contributed by atoms with Crippen LogP contribution in [-0.4, -0.2) is 4.98 Å². The maximum Gasteiger partial charge on any atom is 0.194 e. The van der Waals surface area contributed by atoms with Crippen LogP contribution in [0.1, 0.15) is 19.7 Å². The van der Waals surface area contributed by atoms with Crippen LogP contribution in [-0.2, 0) is 6.42 Å². The van der Waals surface area contributed by atoms with Crippen LogP contribution in [0.5, 0.6) is 0 Å². The number of hydrogen-bond acceptors (Lipinski definition) is 2. The van der Waals surface area contributed by atoms with E-state index in [0.29, 0.717) is 5.92 Å². The predicted octanol–water partition coefficient (Wildman–Crippen LogP) is 2.43. The summed E-state index contributed by atoms with van der Waals surface area (Å²) in [5.41, 5.74) is 0. The molecule has 0 spiro atoms. The maximum atomic E-state index is 5.11. The Labute approximate surface area is 66.9 Å². The summed E-state index contributed by atoms with van der Waals surface area (Å²) in [6.45, 7) is 4.16. The van der Waals surface area contributed by atoms with Crippen LogP contribution in [0.15, 0.2) is 29.0 Å². The first-order chi connectivity index (χ1) is 5.33. The van der Waals surface area contributed by atoms with Crippen molar-refractivity contribution in [3.63, 3.8) is 0 Å². The Morgan fingerprint density at radius 1 is 1.73 bits per heavy atom. The molecule has 1 heterocycles. The number of rotatable bonds is 3. The summed E-state index contributed by atoms with van der Waals surface area (Å²) in [5.74, 6) is 1.33. The molecule has 0 aliphatic carbocycles. The average molecular weight is 151 g/mol. The third-order valence-corrected chi connectivity index (χ3v) is 1.50. The molecular formula is C9H13NO. The molecule has 1 rings (SSSR count). The monoisotopic (exact) mass is 151 g/mol. The number of nitrogens with zero attached hydrogens (tertiary/aromatic N) is 1. The summed E-state index contributed by atoms with van der Waals surface area (Å²) in [4.78, 5) is 4.04. The Balaban J connectivity index is 2.43. The molecule has 0 aliphatic rings. The predicted molar refractivity (Wildman–Crippen MR) is 44.2 cm³/mol. The second kappa shape index (κ2) is 3.96. The van der Waals surface area contributed by atoms with Gasteiger partial charge in [0.1, 0.15) is 6.26 Å². The molecule has 1 unspecified atom stereocenters. The van der Waals surface area contributed by atoms with Crippen LogP contribution in [0.2, 0.25) is 0 Å². The molecule has 0 radical (unpaired) electrons. The van der Waals surface area contributed by atoms with E-state index in [-0.39, 0.29) is 0 Å². The Bertz CT molecular complexity index is 213. The number of hydrogen-bond donors (Lipinski definition) is 0. The van der Waals surface area contributed by atoms with E-state index in [9.17, 15) is 0 Å². The van der Waals surface area contributed by atoms with E-state index in [1.54, 1.807) is 12.5 Å². The lowest BCUT2D eigenvalue weighted by molar-refractivity contribution is 0.471. The fourth-order valence-electron chi connectivity index (χ4n) is 1.03. The van der Waals surface area contributed by atoms with Crippen LogP contribution in [0.25, 0.3) is 0 Å². The van der Waals surface area contributed by atoms with Crippen molar-refractivity contribution in [2.24, 2.45) is 5.92 Å². The molecule has 0 N–H and O–H groups in total. The van der Waals surface area contributed by atoms with Crippen LogP contribution in [0, 0.1) is 5.92 Å². The Hall–Kier alpha value is -1.05.